The first-order chi connectivity index (χ1) is 8.72. The van der Waals surface area contributed by atoms with Crippen molar-refractivity contribution in [2.75, 3.05) is 11.4 Å². The molecule has 1 aliphatic heterocycles. The van der Waals surface area contributed by atoms with Gasteiger partial charge in [0.2, 0.25) is 5.91 Å². The highest BCUT2D eigenvalue weighted by Gasteiger charge is 2.23. The van der Waals surface area contributed by atoms with Gasteiger partial charge in [-0.05, 0) is 37.3 Å². The number of aliphatic hydroxyl groups is 1. The number of hydrogen-bond donors (Lipinski definition) is 1. The lowest BCUT2D eigenvalue weighted by atomic mass is 10.0. The predicted molar refractivity (Wildman–Crippen MR) is 72.6 cm³/mol. The number of aryl methyl sites for hydroxylation is 1. The van der Waals surface area contributed by atoms with Gasteiger partial charge in [0.05, 0.1) is 6.10 Å². The molecule has 1 aromatic rings. The van der Waals surface area contributed by atoms with Crippen LogP contribution in [0.3, 0.4) is 0 Å². The largest absolute Gasteiger partial charge is 0.393 e. The summed E-state index contributed by atoms with van der Waals surface area (Å²) in [6.45, 7) is 2.69. The van der Waals surface area contributed by atoms with Gasteiger partial charge in [-0.1, -0.05) is 25.1 Å². The van der Waals surface area contributed by atoms with Gasteiger partial charge < -0.3 is 10.0 Å². The van der Waals surface area contributed by atoms with Gasteiger partial charge in [-0.3, -0.25) is 4.79 Å². The minimum Gasteiger partial charge on any atom is -0.393 e. The summed E-state index contributed by atoms with van der Waals surface area (Å²) in [6.07, 6.45) is 3.62. The minimum absolute atomic E-state index is 0.208. The van der Waals surface area contributed by atoms with Crippen molar-refractivity contribution in [3.63, 3.8) is 0 Å². The van der Waals surface area contributed by atoms with Crippen molar-refractivity contribution in [3.05, 3.63) is 29.8 Å². The second kappa shape index (κ2) is 6.01. The summed E-state index contributed by atoms with van der Waals surface area (Å²) in [5.41, 5.74) is 2.31. The molecule has 0 aromatic heterocycles. The molecule has 0 saturated heterocycles. The molecule has 3 heteroatoms. The average molecular weight is 247 g/mol. The Morgan fingerprint density at radius 3 is 2.89 bits per heavy atom. The van der Waals surface area contributed by atoms with E-state index in [1.165, 1.54) is 5.56 Å². The van der Waals surface area contributed by atoms with E-state index in [0.717, 1.165) is 31.4 Å². The number of carbonyl (C=O) groups excluding carboxylic acids is 1. The van der Waals surface area contributed by atoms with Gasteiger partial charge in [0.25, 0.3) is 0 Å². The monoisotopic (exact) mass is 247 g/mol. The first kappa shape index (κ1) is 13.1. The molecule has 1 atom stereocenters. The number of fused-ring (bicyclic) bond motifs is 1. The smallest absolute Gasteiger partial charge is 0.227 e. The molecule has 18 heavy (non-hydrogen) atoms. The van der Waals surface area contributed by atoms with Crippen LogP contribution in [-0.2, 0) is 11.2 Å². The number of benzene rings is 1. The Kier molecular flexibility index (Phi) is 4.37. The third kappa shape index (κ3) is 2.91. The summed E-state index contributed by atoms with van der Waals surface area (Å²) >= 11 is 0. The second-order valence-corrected chi connectivity index (χ2v) is 4.88. The van der Waals surface area contributed by atoms with E-state index >= 15 is 0 Å². The van der Waals surface area contributed by atoms with E-state index in [1.807, 2.05) is 30.0 Å². The number of anilines is 1. The molecule has 1 heterocycles. The Morgan fingerprint density at radius 1 is 1.33 bits per heavy atom. The van der Waals surface area contributed by atoms with Gasteiger partial charge in [0, 0.05) is 18.7 Å². The lowest BCUT2D eigenvalue weighted by molar-refractivity contribution is -0.118. The number of rotatable bonds is 5. The fraction of sp³-hybridized carbons (Fsp3) is 0.533. The van der Waals surface area contributed by atoms with Gasteiger partial charge >= 0.3 is 0 Å². The topological polar surface area (TPSA) is 40.5 Å². The highest BCUT2D eigenvalue weighted by molar-refractivity contribution is 5.96. The molecule has 0 fully saturated rings. The number of nitrogens with zero attached hydrogens (tertiary/aromatic N) is 1. The van der Waals surface area contributed by atoms with Gasteiger partial charge in [0.1, 0.15) is 0 Å². The molecule has 0 bridgehead atoms. The normalized spacial score (nSPS) is 16.6. The van der Waals surface area contributed by atoms with E-state index in [0.29, 0.717) is 13.0 Å². The summed E-state index contributed by atoms with van der Waals surface area (Å²) in [6, 6.07) is 8.11. The standard InChI is InChI=1S/C15H21NO2/c1-2-13(17)7-5-11-16-14-8-4-3-6-12(14)9-10-15(16)18/h3-4,6,8,13,17H,2,5,7,9-11H2,1H3. The van der Waals surface area contributed by atoms with Crippen LogP contribution in [0.2, 0.25) is 0 Å². The Bertz CT molecular complexity index is 417. The summed E-state index contributed by atoms with van der Waals surface area (Å²) in [5, 5.41) is 9.55. The van der Waals surface area contributed by atoms with Crippen LogP contribution < -0.4 is 4.90 Å². The van der Waals surface area contributed by atoms with E-state index in [-0.39, 0.29) is 12.0 Å². The molecule has 2 rings (SSSR count). The number of para-hydroxylation sites is 1. The zero-order valence-corrected chi connectivity index (χ0v) is 10.9. The fourth-order valence-corrected chi connectivity index (χ4v) is 2.43. The Morgan fingerprint density at radius 2 is 2.11 bits per heavy atom. The van der Waals surface area contributed by atoms with Crippen LogP contribution in [0, 0.1) is 0 Å². The highest BCUT2D eigenvalue weighted by atomic mass is 16.3. The third-order valence-electron chi connectivity index (χ3n) is 3.58. The van der Waals surface area contributed by atoms with Crippen molar-refractivity contribution in [3.8, 4) is 0 Å². The van der Waals surface area contributed by atoms with E-state index in [1.54, 1.807) is 0 Å². The maximum absolute atomic E-state index is 12.0. The van der Waals surface area contributed by atoms with Crippen molar-refractivity contribution >= 4 is 11.6 Å². The number of carbonyl (C=O) groups is 1. The quantitative estimate of drug-likeness (QED) is 0.868. The Hall–Kier alpha value is -1.35. The number of aliphatic hydroxyl groups excluding tert-OH is 1. The van der Waals surface area contributed by atoms with E-state index in [2.05, 4.69) is 6.07 Å². The van der Waals surface area contributed by atoms with Crippen LogP contribution in [0.5, 0.6) is 0 Å². The maximum atomic E-state index is 12.0. The van der Waals surface area contributed by atoms with Crippen molar-refractivity contribution in [2.45, 2.75) is 45.1 Å². The van der Waals surface area contributed by atoms with Gasteiger partial charge in [0.15, 0.2) is 0 Å². The number of hydrogen-bond acceptors (Lipinski definition) is 2. The maximum Gasteiger partial charge on any atom is 0.227 e. The van der Waals surface area contributed by atoms with Gasteiger partial charge in [-0.25, -0.2) is 0 Å². The predicted octanol–water partition coefficient (Wildman–Crippen LogP) is 2.52. The first-order valence-electron chi connectivity index (χ1n) is 6.78. The minimum atomic E-state index is -0.236. The first-order valence-corrected chi connectivity index (χ1v) is 6.78. The van der Waals surface area contributed by atoms with E-state index in [9.17, 15) is 9.90 Å². The summed E-state index contributed by atoms with van der Waals surface area (Å²) in [4.78, 5) is 13.8. The van der Waals surface area contributed by atoms with E-state index < -0.39 is 0 Å². The van der Waals surface area contributed by atoms with Crippen molar-refractivity contribution in [2.24, 2.45) is 0 Å². The van der Waals surface area contributed by atoms with E-state index in [4.69, 9.17) is 0 Å². The molecular formula is C15H21NO2. The fourth-order valence-electron chi connectivity index (χ4n) is 2.43. The molecule has 1 unspecified atom stereocenters. The zero-order valence-electron chi connectivity index (χ0n) is 10.9. The third-order valence-corrected chi connectivity index (χ3v) is 3.58. The van der Waals surface area contributed by atoms with Gasteiger partial charge in [-0.15, -0.1) is 0 Å². The lowest BCUT2D eigenvalue weighted by Crippen LogP contribution is -2.36. The van der Waals surface area contributed by atoms with Crippen LogP contribution in [0.4, 0.5) is 5.69 Å². The lowest BCUT2D eigenvalue weighted by Gasteiger charge is -2.29. The van der Waals surface area contributed by atoms with Crippen LogP contribution in [0.1, 0.15) is 38.2 Å². The van der Waals surface area contributed by atoms with Crippen molar-refractivity contribution in [1.29, 1.82) is 0 Å². The molecule has 3 nitrogen and oxygen atoms in total. The number of amides is 1. The molecule has 0 aliphatic carbocycles. The molecule has 0 saturated carbocycles. The van der Waals surface area contributed by atoms with Crippen LogP contribution in [-0.4, -0.2) is 23.7 Å². The Balaban J connectivity index is 2.01. The second-order valence-electron chi connectivity index (χ2n) is 4.88. The SMILES string of the molecule is CCC(O)CCCN1C(=O)CCc2ccccc21. The molecular weight excluding hydrogens is 226 g/mol. The average Bonchev–Trinajstić information content (AvgIpc) is 2.41. The molecule has 1 amide bonds. The molecule has 0 radical (unpaired) electrons. The molecule has 0 spiro atoms. The molecule has 1 N–H and O–H groups in total. The summed E-state index contributed by atoms with van der Waals surface area (Å²) in [5.74, 6) is 0.208. The molecule has 1 aliphatic rings. The van der Waals surface area contributed by atoms with Gasteiger partial charge in [-0.2, -0.15) is 0 Å². The molecule has 1 aromatic carbocycles. The van der Waals surface area contributed by atoms with Crippen LogP contribution in [0.25, 0.3) is 0 Å². The zero-order chi connectivity index (χ0) is 13.0. The molecule has 98 valence electrons. The van der Waals surface area contributed by atoms with Crippen LogP contribution in [0.15, 0.2) is 24.3 Å². The highest BCUT2D eigenvalue weighted by Crippen LogP contribution is 2.27. The summed E-state index contributed by atoms with van der Waals surface area (Å²) in [7, 11) is 0. The Labute approximate surface area is 108 Å². The summed E-state index contributed by atoms with van der Waals surface area (Å²) < 4.78 is 0. The van der Waals surface area contributed by atoms with Crippen molar-refractivity contribution < 1.29 is 9.90 Å². The van der Waals surface area contributed by atoms with Crippen LogP contribution >= 0.6 is 0 Å². The van der Waals surface area contributed by atoms with Crippen molar-refractivity contribution in [1.82, 2.24) is 0 Å².